The van der Waals surface area contributed by atoms with Crippen LogP contribution < -0.4 is 9.80 Å². The van der Waals surface area contributed by atoms with Crippen molar-refractivity contribution in [3.05, 3.63) is 47.4 Å². The summed E-state index contributed by atoms with van der Waals surface area (Å²) in [4.78, 5) is 19.3. The lowest BCUT2D eigenvalue weighted by Gasteiger charge is -2.35. The molecule has 170 valence electrons. The van der Waals surface area contributed by atoms with Crippen molar-refractivity contribution in [1.82, 2.24) is 29.4 Å². The van der Waals surface area contributed by atoms with Crippen molar-refractivity contribution in [2.75, 3.05) is 68.7 Å². The van der Waals surface area contributed by atoms with Gasteiger partial charge in [-0.15, -0.1) is 5.10 Å². The van der Waals surface area contributed by atoms with Gasteiger partial charge in [-0.3, -0.25) is 4.90 Å². The highest BCUT2D eigenvalue weighted by Gasteiger charge is 2.22. The van der Waals surface area contributed by atoms with Crippen molar-refractivity contribution in [1.29, 1.82) is 0 Å². The lowest BCUT2D eigenvalue weighted by Crippen LogP contribution is -2.46. The van der Waals surface area contributed by atoms with Crippen LogP contribution in [0.5, 0.6) is 0 Å². The van der Waals surface area contributed by atoms with Crippen LogP contribution in [-0.4, -0.2) is 88.3 Å². The topological polar surface area (TPSA) is 56.0 Å². The molecule has 0 saturated carbocycles. The fourth-order valence-corrected chi connectivity index (χ4v) is 4.78. The Balaban J connectivity index is 1.27. The van der Waals surface area contributed by atoms with Crippen molar-refractivity contribution < 1.29 is 0 Å². The van der Waals surface area contributed by atoms with Gasteiger partial charge in [0, 0.05) is 69.8 Å². The number of hydrogen-bond acceptors (Lipinski definition) is 7. The van der Waals surface area contributed by atoms with Gasteiger partial charge in [-0.2, -0.15) is 9.50 Å². The number of aryl methyl sites for hydroxylation is 2. The number of benzene rings is 1. The largest absolute Gasteiger partial charge is 0.369 e. The first-order valence-corrected chi connectivity index (χ1v) is 11.8. The van der Waals surface area contributed by atoms with Crippen LogP contribution in [0.3, 0.4) is 0 Å². The third-order valence-electron chi connectivity index (χ3n) is 6.71. The number of aromatic nitrogens is 4. The van der Waals surface area contributed by atoms with E-state index in [2.05, 4.69) is 68.8 Å². The van der Waals surface area contributed by atoms with E-state index in [0.29, 0.717) is 5.78 Å². The summed E-state index contributed by atoms with van der Waals surface area (Å²) in [7, 11) is 0. The molecule has 0 amide bonds. The monoisotopic (exact) mass is 434 g/mol. The molecule has 0 radical (unpaired) electrons. The summed E-state index contributed by atoms with van der Waals surface area (Å²) in [6, 6.07) is 10.9. The average Bonchev–Trinajstić information content (AvgIpc) is 3.21. The van der Waals surface area contributed by atoms with Gasteiger partial charge in [0.2, 0.25) is 0 Å². The first-order chi connectivity index (χ1) is 15.6. The molecule has 2 saturated heterocycles. The first kappa shape index (κ1) is 21.2. The number of fused-ring (bicyclic) bond motifs is 1. The number of hydrogen-bond donors (Lipinski definition) is 0. The van der Waals surface area contributed by atoms with E-state index < -0.39 is 0 Å². The predicted octanol–water partition coefficient (Wildman–Crippen LogP) is 2.21. The maximum absolute atomic E-state index is 4.88. The Labute approximate surface area is 190 Å². The van der Waals surface area contributed by atoms with E-state index in [0.717, 1.165) is 82.8 Å². The highest BCUT2D eigenvalue weighted by molar-refractivity contribution is 5.49. The number of nitrogens with zero attached hydrogens (tertiary/aromatic N) is 8. The molecule has 1 aromatic carbocycles. The van der Waals surface area contributed by atoms with Crippen molar-refractivity contribution >= 4 is 17.3 Å². The maximum atomic E-state index is 4.88. The predicted molar refractivity (Wildman–Crippen MR) is 129 cm³/mol. The quantitative estimate of drug-likeness (QED) is 0.610. The molecule has 8 nitrogen and oxygen atoms in total. The molecule has 0 aliphatic carbocycles. The fourth-order valence-electron chi connectivity index (χ4n) is 4.78. The van der Waals surface area contributed by atoms with Crippen molar-refractivity contribution in [2.45, 2.75) is 27.3 Å². The summed E-state index contributed by atoms with van der Waals surface area (Å²) < 4.78 is 1.95. The lowest BCUT2D eigenvalue weighted by atomic mass is 10.2. The van der Waals surface area contributed by atoms with Gasteiger partial charge in [-0.1, -0.05) is 19.1 Å². The summed E-state index contributed by atoms with van der Waals surface area (Å²) in [5, 5.41) is 4.88. The van der Waals surface area contributed by atoms with Crippen LogP contribution in [0.15, 0.2) is 30.3 Å². The molecule has 0 atom stereocenters. The molecule has 32 heavy (non-hydrogen) atoms. The molecule has 2 fully saturated rings. The fraction of sp³-hybridized carbons (Fsp3) is 0.542. The second-order valence-corrected chi connectivity index (χ2v) is 9.02. The lowest BCUT2D eigenvalue weighted by molar-refractivity contribution is 0.244. The first-order valence-electron chi connectivity index (χ1n) is 11.8. The zero-order valence-corrected chi connectivity index (χ0v) is 19.5. The normalized spacial score (nSPS) is 18.6. The van der Waals surface area contributed by atoms with E-state index in [4.69, 9.17) is 10.1 Å². The Hall–Kier alpha value is -2.71. The molecule has 2 aliphatic heterocycles. The van der Waals surface area contributed by atoms with E-state index in [-0.39, 0.29) is 0 Å². The molecule has 0 spiro atoms. The molecule has 0 N–H and O–H groups in total. The number of rotatable bonds is 5. The molecule has 4 heterocycles. The third-order valence-corrected chi connectivity index (χ3v) is 6.71. The second kappa shape index (κ2) is 9.03. The van der Waals surface area contributed by atoms with Gasteiger partial charge in [0.05, 0.1) is 6.54 Å². The van der Waals surface area contributed by atoms with Gasteiger partial charge in [0.25, 0.3) is 5.78 Å². The molecule has 0 bridgehead atoms. The Kier molecular flexibility index (Phi) is 5.97. The molecule has 0 unspecified atom stereocenters. The second-order valence-electron chi connectivity index (χ2n) is 9.02. The van der Waals surface area contributed by atoms with E-state index in [1.807, 2.05) is 11.4 Å². The number of anilines is 2. The summed E-state index contributed by atoms with van der Waals surface area (Å²) >= 11 is 0. The summed E-state index contributed by atoms with van der Waals surface area (Å²) in [5.74, 6) is 2.69. The van der Waals surface area contributed by atoms with Crippen molar-refractivity contribution in [3.63, 3.8) is 0 Å². The molecule has 3 aromatic rings. The van der Waals surface area contributed by atoms with Gasteiger partial charge in [-0.05, 0) is 38.1 Å². The van der Waals surface area contributed by atoms with Crippen molar-refractivity contribution in [2.24, 2.45) is 0 Å². The van der Waals surface area contributed by atoms with Gasteiger partial charge < -0.3 is 14.7 Å². The smallest absolute Gasteiger partial charge is 0.254 e. The molecular formula is C24H34N8. The van der Waals surface area contributed by atoms with Crippen molar-refractivity contribution in [3.8, 4) is 0 Å². The highest BCUT2D eigenvalue weighted by atomic mass is 15.4. The number of likely N-dealkylation sites (N-methyl/N-ethyl adjacent to an activating group) is 1. The summed E-state index contributed by atoms with van der Waals surface area (Å²) in [6.45, 7) is 16.6. The van der Waals surface area contributed by atoms with Crippen LogP contribution in [0.25, 0.3) is 5.78 Å². The Morgan fingerprint density at radius 1 is 0.812 bits per heavy atom. The minimum atomic E-state index is 0.714. The van der Waals surface area contributed by atoms with E-state index in [1.54, 1.807) is 0 Å². The highest BCUT2D eigenvalue weighted by Crippen LogP contribution is 2.21. The van der Waals surface area contributed by atoms with Crippen LogP contribution >= 0.6 is 0 Å². The summed E-state index contributed by atoms with van der Waals surface area (Å²) in [5.41, 5.74) is 3.63. The molecule has 2 aromatic heterocycles. The van der Waals surface area contributed by atoms with Gasteiger partial charge in [-0.25, -0.2) is 4.98 Å². The van der Waals surface area contributed by atoms with Crippen LogP contribution in [0.1, 0.15) is 24.0 Å². The minimum Gasteiger partial charge on any atom is -0.369 e. The Bertz CT molecular complexity index is 1060. The molecule has 2 aliphatic rings. The molecule has 8 heteroatoms. The average molecular weight is 435 g/mol. The molecular weight excluding hydrogens is 400 g/mol. The van der Waals surface area contributed by atoms with E-state index in [9.17, 15) is 0 Å². The van der Waals surface area contributed by atoms with Gasteiger partial charge >= 0.3 is 0 Å². The Morgan fingerprint density at radius 2 is 1.53 bits per heavy atom. The van der Waals surface area contributed by atoms with Crippen LogP contribution in [0.4, 0.5) is 11.5 Å². The maximum Gasteiger partial charge on any atom is 0.254 e. The number of piperazine rings is 2. The van der Waals surface area contributed by atoms with Gasteiger partial charge in [0.15, 0.2) is 5.82 Å². The minimum absolute atomic E-state index is 0.714. The SMILES string of the molecule is CCN1CCN(c2cc(C)nc3nc(CN4CCN(c5cccc(C)c5)CC4)nn23)CC1. The van der Waals surface area contributed by atoms with Gasteiger partial charge in [0.1, 0.15) is 5.82 Å². The van der Waals surface area contributed by atoms with E-state index >= 15 is 0 Å². The van der Waals surface area contributed by atoms with Crippen LogP contribution in [-0.2, 0) is 6.54 Å². The zero-order valence-electron chi connectivity index (χ0n) is 19.5. The summed E-state index contributed by atoms with van der Waals surface area (Å²) in [6.07, 6.45) is 0. The Morgan fingerprint density at radius 3 is 2.25 bits per heavy atom. The van der Waals surface area contributed by atoms with Crippen LogP contribution in [0.2, 0.25) is 0 Å². The third kappa shape index (κ3) is 4.42. The zero-order chi connectivity index (χ0) is 22.1. The van der Waals surface area contributed by atoms with E-state index in [1.165, 1.54) is 11.3 Å². The standard InChI is InChI=1S/C24H34N8/c1-4-28-8-14-31(15-9-28)23-17-20(3)25-24-26-22(27-32(23)24)18-29-10-12-30(13-11-29)21-7-5-6-19(2)16-21/h5-7,16-17H,4,8-15,18H2,1-3H3. The molecule has 5 rings (SSSR count). The van der Waals surface area contributed by atoms with Crippen LogP contribution in [0, 0.1) is 13.8 Å².